The second-order valence-electron chi connectivity index (χ2n) is 22.3. The summed E-state index contributed by atoms with van der Waals surface area (Å²) in [5.41, 5.74) is 0. The standard InChI is InChI=1S/C59H114O17P2/c1-7-9-11-13-15-17-18-19-23-31-37-43-58(63)75-54(47-70-57(62)42-36-30-24-20-21-27-33-39-51(3)4)49-73-77(65,66)71-45-53(60)46-72-78(67,68)74-50-55(48-69-56(61)41-35-29-22-16-14-12-10-8-2)76-59(64)44-38-32-26-25-28-34-40-52(5)6/h51-55,60H,7-50H2,1-6H3,(H,65,66)(H,67,68)/t53-,54-,55-/m1/s1. The van der Waals surface area contributed by atoms with Crippen LogP contribution in [0.25, 0.3) is 0 Å². The summed E-state index contributed by atoms with van der Waals surface area (Å²) in [7, 11) is -9.87. The van der Waals surface area contributed by atoms with Gasteiger partial charge in [-0.25, -0.2) is 9.13 Å². The molecule has 0 aliphatic heterocycles. The maximum absolute atomic E-state index is 12.9. The topological polar surface area (TPSA) is 237 Å². The number of hydrogen-bond donors (Lipinski definition) is 3. The van der Waals surface area contributed by atoms with Crippen molar-refractivity contribution in [2.45, 2.75) is 304 Å². The minimum atomic E-state index is -4.94. The molecule has 0 amide bonds. The molecule has 3 N–H and O–H groups in total. The summed E-state index contributed by atoms with van der Waals surface area (Å²) in [6, 6.07) is 0. The first kappa shape index (κ1) is 76.1. The third-order valence-electron chi connectivity index (χ3n) is 13.5. The highest BCUT2D eigenvalue weighted by Crippen LogP contribution is 2.45. The van der Waals surface area contributed by atoms with Crippen LogP contribution >= 0.6 is 15.6 Å². The molecule has 0 aliphatic rings. The molecule has 2 unspecified atom stereocenters. The van der Waals surface area contributed by atoms with Crippen LogP contribution in [0.3, 0.4) is 0 Å². The Hall–Kier alpha value is -1.94. The molecule has 19 heteroatoms. The molecule has 0 radical (unpaired) electrons. The fourth-order valence-electron chi connectivity index (χ4n) is 8.65. The molecule has 0 fully saturated rings. The van der Waals surface area contributed by atoms with Gasteiger partial charge in [-0.05, 0) is 37.5 Å². The molecule has 0 heterocycles. The van der Waals surface area contributed by atoms with E-state index in [-0.39, 0.29) is 25.7 Å². The van der Waals surface area contributed by atoms with Gasteiger partial charge >= 0.3 is 39.5 Å². The average Bonchev–Trinajstić information content (AvgIpc) is 3.39. The molecule has 462 valence electrons. The molecule has 0 aromatic heterocycles. The number of ether oxygens (including phenoxy) is 4. The van der Waals surface area contributed by atoms with Gasteiger partial charge in [0.25, 0.3) is 0 Å². The zero-order chi connectivity index (χ0) is 58.0. The van der Waals surface area contributed by atoms with Gasteiger partial charge < -0.3 is 33.8 Å². The molecule has 17 nitrogen and oxygen atoms in total. The Morgan fingerprint density at radius 2 is 0.590 bits per heavy atom. The Kier molecular flexibility index (Phi) is 50.6. The quantitative estimate of drug-likeness (QED) is 0.0222. The lowest BCUT2D eigenvalue weighted by atomic mass is 10.0. The van der Waals surface area contributed by atoms with Crippen molar-refractivity contribution < 1.29 is 80.2 Å². The van der Waals surface area contributed by atoms with E-state index >= 15 is 0 Å². The zero-order valence-corrected chi connectivity index (χ0v) is 51.7. The van der Waals surface area contributed by atoms with E-state index in [0.717, 1.165) is 103 Å². The molecular formula is C59H114O17P2. The smallest absolute Gasteiger partial charge is 0.462 e. The van der Waals surface area contributed by atoms with Crippen LogP contribution in [0.4, 0.5) is 0 Å². The minimum Gasteiger partial charge on any atom is -0.462 e. The lowest BCUT2D eigenvalue weighted by molar-refractivity contribution is -0.161. The zero-order valence-electron chi connectivity index (χ0n) is 50.0. The first-order valence-corrected chi connectivity index (χ1v) is 34.0. The molecule has 78 heavy (non-hydrogen) atoms. The van der Waals surface area contributed by atoms with Gasteiger partial charge in [-0.15, -0.1) is 0 Å². The number of aliphatic hydroxyl groups excluding tert-OH is 1. The summed E-state index contributed by atoms with van der Waals surface area (Å²) in [5.74, 6) is -0.773. The highest BCUT2D eigenvalue weighted by atomic mass is 31.2. The molecule has 0 aromatic carbocycles. The van der Waals surface area contributed by atoms with Gasteiger partial charge in [0.1, 0.15) is 19.3 Å². The van der Waals surface area contributed by atoms with Crippen molar-refractivity contribution in [1.82, 2.24) is 0 Å². The normalized spacial score (nSPS) is 14.4. The van der Waals surface area contributed by atoms with Crippen LogP contribution < -0.4 is 0 Å². The summed E-state index contributed by atoms with van der Waals surface area (Å²) in [6.07, 6.45) is 32.3. The van der Waals surface area contributed by atoms with Crippen LogP contribution in [0.1, 0.15) is 286 Å². The maximum Gasteiger partial charge on any atom is 0.472 e. The molecule has 0 spiro atoms. The van der Waals surface area contributed by atoms with Crippen molar-refractivity contribution in [3.05, 3.63) is 0 Å². The molecule has 0 bridgehead atoms. The summed E-state index contributed by atoms with van der Waals surface area (Å²) in [6.45, 7) is 9.27. The fraction of sp³-hybridized carbons (Fsp3) is 0.932. The monoisotopic (exact) mass is 1160 g/mol. The summed E-state index contributed by atoms with van der Waals surface area (Å²) in [5, 5.41) is 10.5. The molecule has 5 atom stereocenters. The Bertz CT molecular complexity index is 1550. The Morgan fingerprint density at radius 3 is 0.872 bits per heavy atom. The fourth-order valence-corrected chi connectivity index (χ4v) is 10.2. The second-order valence-corrected chi connectivity index (χ2v) is 25.2. The largest absolute Gasteiger partial charge is 0.472 e. The second kappa shape index (κ2) is 51.9. The Labute approximate surface area is 473 Å². The summed E-state index contributed by atoms with van der Waals surface area (Å²) in [4.78, 5) is 71.8. The summed E-state index contributed by atoms with van der Waals surface area (Å²) >= 11 is 0. The van der Waals surface area contributed by atoms with Crippen molar-refractivity contribution in [2.75, 3.05) is 39.6 Å². The number of carbonyl (C=O) groups is 4. The van der Waals surface area contributed by atoms with E-state index in [1.165, 1.54) is 89.9 Å². The van der Waals surface area contributed by atoms with E-state index in [4.69, 9.17) is 37.0 Å². The van der Waals surface area contributed by atoms with E-state index in [9.17, 15) is 43.2 Å². The van der Waals surface area contributed by atoms with Crippen LogP contribution in [-0.4, -0.2) is 96.7 Å². The molecule has 0 aliphatic carbocycles. The number of carbonyl (C=O) groups excluding carboxylic acids is 4. The van der Waals surface area contributed by atoms with E-state index in [1.807, 2.05) is 0 Å². The first-order chi connectivity index (χ1) is 37.4. The minimum absolute atomic E-state index is 0.102. The molecule has 0 aromatic rings. The van der Waals surface area contributed by atoms with Gasteiger partial charge in [0.2, 0.25) is 0 Å². The van der Waals surface area contributed by atoms with E-state index in [1.54, 1.807) is 0 Å². The molecule has 0 rings (SSSR count). The van der Waals surface area contributed by atoms with Gasteiger partial charge in [0.15, 0.2) is 12.2 Å². The highest BCUT2D eigenvalue weighted by molar-refractivity contribution is 7.47. The maximum atomic E-state index is 12.9. The van der Waals surface area contributed by atoms with Crippen LogP contribution in [0, 0.1) is 11.8 Å². The predicted molar refractivity (Wildman–Crippen MR) is 308 cm³/mol. The van der Waals surface area contributed by atoms with Crippen molar-refractivity contribution in [2.24, 2.45) is 11.8 Å². The Morgan fingerprint density at radius 1 is 0.346 bits per heavy atom. The van der Waals surface area contributed by atoms with Gasteiger partial charge in [0.05, 0.1) is 26.4 Å². The third kappa shape index (κ3) is 53.4. The van der Waals surface area contributed by atoms with Crippen LogP contribution in [0.2, 0.25) is 0 Å². The average molecular weight is 1160 g/mol. The van der Waals surface area contributed by atoms with Crippen molar-refractivity contribution >= 4 is 39.5 Å². The lowest BCUT2D eigenvalue weighted by Gasteiger charge is -2.21. The van der Waals surface area contributed by atoms with E-state index in [0.29, 0.717) is 37.5 Å². The molecule has 0 saturated heterocycles. The van der Waals surface area contributed by atoms with Crippen LogP contribution in [0.5, 0.6) is 0 Å². The summed E-state index contributed by atoms with van der Waals surface area (Å²) < 4.78 is 67.7. The first-order valence-electron chi connectivity index (χ1n) is 31.0. The van der Waals surface area contributed by atoms with Crippen molar-refractivity contribution in [3.8, 4) is 0 Å². The van der Waals surface area contributed by atoms with Crippen LogP contribution in [-0.2, 0) is 65.4 Å². The highest BCUT2D eigenvalue weighted by Gasteiger charge is 2.30. The number of rotatable bonds is 58. The van der Waals surface area contributed by atoms with Crippen LogP contribution in [0.15, 0.2) is 0 Å². The number of aliphatic hydroxyl groups is 1. The lowest BCUT2D eigenvalue weighted by Crippen LogP contribution is -2.30. The number of phosphoric acid groups is 2. The number of esters is 4. The van der Waals surface area contributed by atoms with Gasteiger partial charge in [-0.3, -0.25) is 37.3 Å². The number of hydrogen-bond acceptors (Lipinski definition) is 15. The molecule has 0 saturated carbocycles. The SMILES string of the molecule is CCCCCCCCCCCCCC(=O)O[C@H](COC(=O)CCCCCCCCCC(C)C)COP(=O)(O)OC[C@@H](O)COP(=O)(O)OC[C@@H](COC(=O)CCCCCCCCCC)OC(=O)CCCCCCCCC(C)C. The Balaban J connectivity index is 5.23. The number of unbranched alkanes of at least 4 members (excludes halogenated alkanes) is 28. The number of phosphoric ester groups is 2. The van der Waals surface area contributed by atoms with Crippen molar-refractivity contribution in [3.63, 3.8) is 0 Å². The third-order valence-corrected chi connectivity index (χ3v) is 15.4. The van der Waals surface area contributed by atoms with Gasteiger partial charge in [0, 0.05) is 25.7 Å². The van der Waals surface area contributed by atoms with Gasteiger partial charge in [-0.2, -0.15) is 0 Å². The van der Waals surface area contributed by atoms with E-state index < -0.39 is 97.5 Å². The van der Waals surface area contributed by atoms with Gasteiger partial charge in [-0.1, -0.05) is 234 Å². The van der Waals surface area contributed by atoms with E-state index in [2.05, 4.69) is 41.5 Å². The predicted octanol–water partition coefficient (Wildman–Crippen LogP) is 15.7. The van der Waals surface area contributed by atoms with Crippen molar-refractivity contribution in [1.29, 1.82) is 0 Å². The molecular weight excluding hydrogens is 1040 g/mol.